The first-order chi connectivity index (χ1) is 6.50. The van der Waals surface area contributed by atoms with Gasteiger partial charge in [0, 0.05) is 0 Å². The maximum atomic E-state index is 10.8. The van der Waals surface area contributed by atoms with E-state index >= 15 is 0 Å². The van der Waals surface area contributed by atoms with Gasteiger partial charge in [-0.1, -0.05) is 0 Å². The molecule has 14 heavy (non-hydrogen) atoms. The fourth-order valence-corrected chi connectivity index (χ4v) is 1.23. The maximum absolute atomic E-state index is 10.8. The first-order valence-corrected chi connectivity index (χ1v) is 4.62. The quantitative estimate of drug-likeness (QED) is 0.758. The molecule has 1 heterocycles. The van der Waals surface area contributed by atoms with Gasteiger partial charge in [0.2, 0.25) is 5.91 Å². The Morgan fingerprint density at radius 2 is 2.14 bits per heavy atom. The van der Waals surface area contributed by atoms with Crippen LogP contribution in [0.25, 0.3) is 0 Å². The first-order valence-electron chi connectivity index (χ1n) is 4.62. The van der Waals surface area contributed by atoms with Gasteiger partial charge in [-0.25, -0.2) is 0 Å². The number of hydrogen-bond donors (Lipinski definition) is 2. The fraction of sp³-hybridized carbons (Fsp3) is 0.500. The predicted molar refractivity (Wildman–Crippen MR) is 53.7 cm³/mol. The molecule has 3 N–H and O–H groups in total. The zero-order chi connectivity index (χ0) is 10.7. The summed E-state index contributed by atoms with van der Waals surface area (Å²) in [5.74, 6) is 1.32. The molecule has 78 valence electrons. The minimum absolute atomic E-state index is 0.00815. The van der Waals surface area contributed by atoms with E-state index in [1.54, 1.807) is 6.92 Å². The van der Waals surface area contributed by atoms with E-state index in [1.807, 2.05) is 26.0 Å². The summed E-state index contributed by atoms with van der Waals surface area (Å²) in [6, 6.07) is 3.42. The molecule has 0 spiro atoms. The molecule has 0 fully saturated rings. The van der Waals surface area contributed by atoms with Gasteiger partial charge in [-0.15, -0.1) is 0 Å². The van der Waals surface area contributed by atoms with Crippen LogP contribution in [-0.2, 0) is 4.79 Å². The van der Waals surface area contributed by atoms with E-state index < -0.39 is 0 Å². The van der Waals surface area contributed by atoms with Crippen LogP contribution in [0.3, 0.4) is 0 Å². The van der Waals surface area contributed by atoms with Crippen molar-refractivity contribution in [2.24, 2.45) is 5.73 Å². The second kappa shape index (κ2) is 4.28. The SMILES string of the molecule is Cc1ccc(C(C)NC(C)C(N)=O)o1. The van der Waals surface area contributed by atoms with Gasteiger partial charge in [-0.3, -0.25) is 10.1 Å². The van der Waals surface area contributed by atoms with E-state index in [0.717, 1.165) is 11.5 Å². The molecule has 0 aromatic carbocycles. The molecule has 2 unspecified atom stereocenters. The van der Waals surface area contributed by atoms with Gasteiger partial charge in [0.1, 0.15) is 11.5 Å². The third kappa shape index (κ3) is 2.60. The summed E-state index contributed by atoms with van der Waals surface area (Å²) >= 11 is 0. The normalized spacial score (nSPS) is 15.1. The zero-order valence-electron chi connectivity index (χ0n) is 8.70. The van der Waals surface area contributed by atoms with E-state index in [4.69, 9.17) is 10.2 Å². The number of carbonyl (C=O) groups is 1. The number of aryl methyl sites for hydroxylation is 1. The Morgan fingerprint density at radius 1 is 1.50 bits per heavy atom. The van der Waals surface area contributed by atoms with Crippen LogP contribution < -0.4 is 11.1 Å². The van der Waals surface area contributed by atoms with Crippen molar-refractivity contribution in [1.29, 1.82) is 0 Å². The van der Waals surface area contributed by atoms with Crippen LogP contribution in [0, 0.1) is 6.92 Å². The summed E-state index contributed by atoms with van der Waals surface area (Å²) < 4.78 is 5.41. The van der Waals surface area contributed by atoms with Gasteiger partial charge >= 0.3 is 0 Å². The monoisotopic (exact) mass is 196 g/mol. The highest BCUT2D eigenvalue weighted by Crippen LogP contribution is 2.15. The predicted octanol–water partition coefficient (Wildman–Crippen LogP) is 1.11. The van der Waals surface area contributed by atoms with Crippen molar-refractivity contribution in [2.75, 3.05) is 0 Å². The van der Waals surface area contributed by atoms with Crippen LogP contribution in [0.1, 0.15) is 31.4 Å². The lowest BCUT2D eigenvalue weighted by Crippen LogP contribution is -2.39. The van der Waals surface area contributed by atoms with E-state index in [9.17, 15) is 4.79 Å². The minimum Gasteiger partial charge on any atom is -0.465 e. The van der Waals surface area contributed by atoms with Crippen molar-refractivity contribution in [3.63, 3.8) is 0 Å². The molecule has 0 saturated carbocycles. The van der Waals surface area contributed by atoms with Crippen molar-refractivity contribution in [3.05, 3.63) is 23.7 Å². The fourth-order valence-electron chi connectivity index (χ4n) is 1.23. The highest BCUT2D eigenvalue weighted by Gasteiger charge is 2.15. The second-order valence-electron chi connectivity index (χ2n) is 3.46. The van der Waals surface area contributed by atoms with Crippen LogP contribution in [0.2, 0.25) is 0 Å². The number of furan rings is 1. The van der Waals surface area contributed by atoms with E-state index in [-0.39, 0.29) is 18.0 Å². The second-order valence-corrected chi connectivity index (χ2v) is 3.46. The summed E-state index contributed by atoms with van der Waals surface area (Å²) in [6.45, 7) is 5.54. The maximum Gasteiger partial charge on any atom is 0.234 e. The topological polar surface area (TPSA) is 68.3 Å². The summed E-state index contributed by atoms with van der Waals surface area (Å²) in [7, 11) is 0. The molecule has 0 saturated heterocycles. The smallest absolute Gasteiger partial charge is 0.234 e. The number of rotatable bonds is 4. The number of carbonyl (C=O) groups excluding carboxylic acids is 1. The van der Waals surface area contributed by atoms with Gasteiger partial charge in [0.05, 0.1) is 12.1 Å². The van der Waals surface area contributed by atoms with Gasteiger partial charge in [0.15, 0.2) is 0 Å². The molecule has 0 aliphatic carbocycles. The van der Waals surface area contributed by atoms with Crippen LogP contribution >= 0.6 is 0 Å². The Bertz CT molecular complexity index is 320. The lowest BCUT2D eigenvalue weighted by atomic mass is 10.2. The molecule has 0 aliphatic rings. The van der Waals surface area contributed by atoms with E-state index in [2.05, 4.69) is 5.32 Å². The summed E-state index contributed by atoms with van der Waals surface area (Å²) in [6.07, 6.45) is 0. The Balaban J connectivity index is 2.58. The number of nitrogens with one attached hydrogen (secondary N) is 1. The molecule has 1 aromatic rings. The van der Waals surface area contributed by atoms with Gasteiger partial charge < -0.3 is 10.2 Å². The van der Waals surface area contributed by atoms with Crippen LogP contribution in [-0.4, -0.2) is 11.9 Å². The molecular formula is C10H16N2O2. The molecule has 0 bridgehead atoms. The minimum atomic E-state index is -0.361. The molecule has 1 aromatic heterocycles. The van der Waals surface area contributed by atoms with Crippen molar-refractivity contribution < 1.29 is 9.21 Å². The number of primary amides is 1. The van der Waals surface area contributed by atoms with E-state index in [0.29, 0.717) is 0 Å². The average molecular weight is 196 g/mol. The molecule has 2 atom stereocenters. The highest BCUT2D eigenvalue weighted by atomic mass is 16.3. The molecule has 0 radical (unpaired) electrons. The van der Waals surface area contributed by atoms with Crippen molar-refractivity contribution in [1.82, 2.24) is 5.32 Å². The van der Waals surface area contributed by atoms with Crippen molar-refractivity contribution in [3.8, 4) is 0 Å². The lowest BCUT2D eigenvalue weighted by molar-refractivity contribution is -0.119. The standard InChI is InChI=1S/C10H16N2O2/c1-6-4-5-9(14-6)7(2)12-8(3)10(11)13/h4-5,7-8,12H,1-3H3,(H2,11,13). The van der Waals surface area contributed by atoms with Gasteiger partial charge in [-0.05, 0) is 32.9 Å². The Morgan fingerprint density at radius 3 is 2.57 bits per heavy atom. The first kappa shape index (κ1) is 10.8. The summed E-state index contributed by atoms with van der Waals surface area (Å²) in [5.41, 5.74) is 5.14. The molecular weight excluding hydrogens is 180 g/mol. The molecule has 1 amide bonds. The van der Waals surface area contributed by atoms with Gasteiger partial charge in [0.25, 0.3) is 0 Å². The van der Waals surface area contributed by atoms with E-state index in [1.165, 1.54) is 0 Å². The molecule has 4 heteroatoms. The Kier molecular flexibility index (Phi) is 3.30. The van der Waals surface area contributed by atoms with Crippen molar-refractivity contribution in [2.45, 2.75) is 32.9 Å². The van der Waals surface area contributed by atoms with Crippen LogP contribution in [0.15, 0.2) is 16.5 Å². The Hall–Kier alpha value is -1.29. The largest absolute Gasteiger partial charge is 0.465 e. The van der Waals surface area contributed by atoms with Gasteiger partial charge in [-0.2, -0.15) is 0 Å². The van der Waals surface area contributed by atoms with Crippen LogP contribution in [0.4, 0.5) is 0 Å². The number of nitrogens with two attached hydrogens (primary N) is 1. The zero-order valence-corrected chi connectivity index (χ0v) is 8.70. The Labute approximate surface area is 83.5 Å². The third-order valence-corrected chi connectivity index (χ3v) is 2.11. The number of hydrogen-bond acceptors (Lipinski definition) is 3. The van der Waals surface area contributed by atoms with Crippen molar-refractivity contribution >= 4 is 5.91 Å². The molecule has 0 aliphatic heterocycles. The summed E-state index contributed by atoms with van der Waals surface area (Å²) in [4.78, 5) is 10.8. The lowest BCUT2D eigenvalue weighted by Gasteiger charge is -2.15. The third-order valence-electron chi connectivity index (χ3n) is 2.11. The molecule has 1 rings (SSSR count). The number of amides is 1. The molecule has 4 nitrogen and oxygen atoms in total. The average Bonchev–Trinajstić information content (AvgIpc) is 2.51. The summed E-state index contributed by atoms with van der Waals surface area (Å²) in [5, 5.41) is 3.04. The van der Waals surface area contributed by atoms with Crippen LogP contribution in [0.5, 0.6) is 0 Å². The highest BCUT2D eigenvalue weighted by molar-refractivity contribution is 5.79.